The SMILES string of the molecule is Cc1ccc(S(=O)(=O)Nc2ccc(N3CCCc4ccccc43)nc2)s1. The van der Waals surface area contributed by atoms with E-state index in [2.05, 4.69) is 32.8 Å². The number of para-hydroxylation sites is 1. The first kappa shape index (κ1) is 17.1. The third-order valence-corrected chi connectivity index (χ3v) is 7.24. The summed E-state index contributed by atoms with van der Waals surface area (Å²) in [4.78, 5) is 7.63. The zero-order valence-corrected chi connectivity index (χ0v) is 16.0. The first-order valence-corrected chi connectivity index (χ1v) is 10.7. The number of rotatable bonds is 4. The number of thiophene rings is 1. The highest BCUT2D eigenvalue weighted by Gasteiger charge is 2.20. The molecule has 0 spiro atoms. The third-order valence-electron chi connectivity index (χ3n) is 4.37. The Morgan fingerprint density at radius 3 is 2.69 bits per heavy atom. The maximum Gasteiger partial charge on any atom is 0.271 e. The molecule has 0 saturated heterocycles. The summed E-state index contributed by atoms with van der Waals surface area (Å²) in [6, 6.07) is 15.4. The van der Waals surface area contributed by atoms with Crippen molar-refractivity contribution < 1.29 is 8.42 Å². The quantitative estimate of drug-likeness (QED) is 0.726. The van der Waals surface area contributed by atoms with Crippen LogP contribution in [0.3, 0.4) is 0 Å². The van der Waals surface area contributed by atoms with Crippen molar-refractivity contribution in [3.63, 3.8) is 0 Å². The molecule has 3 heterocycles. The molecular formula is C19H19N3O2S2. The van der Waals surface area contributed by atoms with E-state index in [-0.39, 0.29) is 0 Å². The molecule has 0 radical (unpaired) electrons. The smallest absolute Gasteiger partial charge is 0.271 e. The summed E-state index contributed by atoms with van der Waals surface area (Å²) in [6.45, 7) is 2.79. The minimum Gasteiger partial charge on any atom is -0.326 e. The summed E-state index contributed by atoms with van der Waals surface area (Å²) >= 11 is 1.25. The van der Waals surface area contributed by atoms with E-state index >= 15 is 0 Å². The molecule has 1 N–H and O–H groups in total. The molecule has 4 rings (SSSR count). The number of anilines is 3. The molecule has 3 aromatic rings. The summed E-state index contributed by atoms with van der Waals surface area (Å²) in [6.07, 6.45) is 3.72. The average Bonchev–Trinajstić information content (AvgIpc) is 3.09. The summed E-state index contributed by atoms with van der Waals surface area (Å²) < 4.78 is 27.8. The number of benzene rings is 1. The van der Waals surface area contributed by atoms with Crippen molar-refractivity contribution in [2.24, 2.45) is 0 Å². The number of sulfonamides is 1. The van der Waals surface area contributed by atoms with E-state index in [0.29, 0.717) is 9.90 Å². The predicted molar refractivity (Wildman–Crippen MR) is 106 cm³/mol. The monoisotopic (exact) mass is 385 g/mol. The lowest BCUT2D eigenvalue weighted by molar-refractivity contribution is 0.603. The highest BCUT2D eigenvalue weighted by atomic mass is 32.2. The molecule has 26 heavy (non-hydrogen) atoms. The number of aryl methyl sites for hydroxylation is 2. The van der Waals surface area contributed by atoms with E-state index < -0.39 is 10.0 Å². The van der Waals surface area contributed by atoms with Gasteiger partial charge in [0.15, 0.2) is 0 Å². The molecule has 1 aliphatic rings. The molecule has 0 unspecified atom stereocenters. The maximum atomic E-state index is 12.4. The Bertz CT molecular complexity index is 1030. The molecule has 0 bridgehead atoms. The molecule has 0 fully saturated rings. The van der Waals surface area contributed by atoms with E-state index in [1.54, 1.807) is 24.4 Å². The topological polar surface area (TPSA) is 62.3 Å². The van der Waals surface area contributed by atoms with Crippen molar-refractivity contribution in [2.75, 3.05) is 16.2 Å². The van der Waals surface area contributed by atoms with Gasteiger partial charge in [0.2, 0.25) is 0 Å². The van der Waals surface area contributed by atoms with Crippen LogP contribution in [-0.2, 0) is 16.4 Å². The van der Waals surface area contributed by atoms with Crippen molar-refractivity contribution in [1.29, 1.82) is 0 Å². The van der Waals surface area contributed by atoms with E-state index in [4.69, 9.17) is 0 Å². The largest absolute Gasteiger partial charge is 0.326 e. The fraction of sp³-hybridized carbons (Fsp3) is 0.211. The van der Waals surface area contributed by atoms with E-state index in [1.165, 1.54) is 22.6 Å². The maximum absolute atomic E-state index is 12.4. The van der Waals surface area contributed by atoms with Crippen molar-refractivity contribution in [2.45, 2.75) is 24.0 Å². The molecule has 2 aromatic heterocycles. The number of pyridine rings is 1. The van der Waals surface area contributed by atoms with Gasteiger partial charge in [-0.05, 0) is 55.7 Å². The minimum absolute atomic E-state index is 0.309. The second-order valence-corrected chi connectivity index (χ2v) is 9.46. The van der Waals surface area contributed by atoms with Crippen molar-refractivity contribution in [1.82, 2.24) is 4.98 Å². The zero-order valence-electron chi connectivity index (χ0n) is 14.3. The number of nitrogens with one attached hydrogen (secondary N) is 1. The van der Waals surface area contributed by atoms with Gasteiger partial charge in [-0.1, -0.05) is 18.2 Å². The summed E-state index contributed by atoms with van der Waals surface area (Å²) in [5.74, 6) is 0.826. The Morgan fingerprint density at radius 1 is 1.12 bits per heavy atom. The van der Waals surface area contributed by atoms with E-state index in [0.717, 1.165) is 30.1 Å². The van der Waals surface area contributed by atoms with E-state index in [9.17, 15) is 8.42 Å². The van der Waals surface area contributed by atoms with Gasteiger partial charge in [0.1, 0.15) is 10.0 Å². The number of hydrogen-bond acceptors (Lipinski definition) is 5. The van der Waals surface area contributed by atoms with Gasteiger partial charge in [0.25, 0.3) is 10.0 Å². The summed E-state index contributed by atoms with van der Waals surface area (Å²) in [5, 5.41) is 0. The zero-order chi connectivity index (χ0) is 18.1. The standard InChI is InChI=1S/C19H19N3O2S2/c1-14-8-11-19(25-14)26(23,24)21-16-9-10-18(20-13-16)22-12-4-6-15-5-2-3-7-17(15)22/h2-3,5,7-11,13,21H,4,6,12H2,1H3. The van der Waals surface area contributed by atoms with Crippen LogP contribution in [0.15, 0.2) is 58.9 Å². The Balaban J connectivity index is 1.57. The molecule has 0 amide bonds. The van der Waals surface area contributed by atoms with Gasteiger partial charge < -0.3 is 4.90 Å². The Kier molecular flexibility index (Phi) is 4.42. The van der Waals surface area contributed by atoms with Crippen LogP contribution in [0.4, 0.5) is 17.2 Å². The van der Waals surface area contributed by atoms with Crippen molar-refractivity contribution >= 4 is 38.6 Å². The highest BCUT2D eigenvalue weighted by Crippen LogP contribution is 2.32. The van der Waals surface area contributed by atoms with Crippen LogP contribution in [0.2, 0.25) is 0 Å². The normalized spacial score (nSPS) is 14.1. The Morgan fingerprint density at radius 2 is 1.96 bits per heavy atom. The minimum atomic E-state index is -3.56. The lowest BCUT2D eigenvalue weighted by atomic mass is 10.0. The highest BCUT2D eigenvalue weighted by molar-refractivity contribution is 7.94. The van der Waals surface area contributed by atoms with Gasteiger partial charge in [-0.2, -0.15) is 0 Å². The van der Waals surface area contributed by atoms with Crippen LogP contribution < -0.4 is 9.62 Å². The molecule has 134 valence electrons. The van der Waals surface area contributed by atoms with Gasteiger partial charge in [0, 0.05) is 17.1 Å². The molecule has 0 saturated carbocycles. The first-order valence-electron chi connectivity index (χ1n) is 8.44. The average molecular weight is 386 g/mol. The fourth-order valence-electron chi connectivity index (χ4n) is 3.14. The van der Waals surface area contributed by atoms with Crippen LogP contribution >= 0.6 is 11.3 Å². The molecule has 5 nitrogen and oxygen atoms in total. The number of fused-ring (bicyclic) bond motifs is 1. The number of nitrogens with zero attached hydrogens (tertiary/aromatic N) is 2. The van der Waals surface area contributed by atoms with Crippen LogP contribution in [-0.4, -0.2) is 19.9 Å². The van der Waals surface area contributed by atoms with Crippen LogP contribution in [0.5, 0.6) is 0 Å². The Labute approximate surface area is 157 Å². The summed E-state index contributed by atoms with van der Waals surface area (Å²) in [7, 11) is -3.56. The predicted octanol–water partition coefficient (Wildman–Crippen LogP) is 4.34. The molecular weight excluding hydrogens is 366 g/mol. The van der Waals surface area contributed by atoms with Gasteiger partial charge >= 0.3 is 0 Å². The molecule has 0 aliphatic carbocycles. The molecule has 0 atom stereocenters. The lowest BCUT2D eigenvalue weighted by Gasteiger charge is -2.30. The number of aromatic nitrogens is 1. The van der Waals surface area contributed by atoms with Gasteiger partial charge in [0.05, 0.1) is 11.9 Å². The van der Waals surface area contributed by atoms with Crippen LogP contribution in [0, 0.1) is 6.92 Å². The fourth-order valence-corrected chi connectivity index (χ4v) is 5.47. The van der Waals surface area contributed by atoms with Crippen molar-refractivity contribution in [3.8, 4) is 0 Å². The first-order chi connectivity index (χ1) is 12.5. The molecule has 1 aromatic carbocycles. The van der Waals surface area contributed by atoms with Crippen LogP contribution in [0.25, 0.3) is 0 Å². The second-order valence-electron chi connectivity index (χ2n) is 6.26. The van der Waals surface area contributed by atoms with E-state index in [1.807, 2.05) is 19.1 Å². The van der Waals surface area contributed by atoms with Gasteiger partial charge in [-0.25, -0.2) is 13.4 Å². The third kappa shape index (κ3) is 3.32. The van der Waals surface area contributed by atoms with Gasteiger partial charge in [-0.3, -0.25) is 4.72 Å². The molecule has 7 heteroatoms. The second kappa shape index (κ2) is 6.74. The van der Waals surface area contributed by atoms with Crippen molar-refractivity contribution in [3.05, 3.63) is 65.2 Å². The van der Waals surface area contributed by atoms with Crippen LogP contribution in [0.1, 0.15) is 16.9 Å². The number of hydrogen-bond donors (Lipinski definition) is 1. The Hall–Kier alpha value is -2.38. The molecule has 1 aliphatic heterocycles. The van der Waals surface area contributed by atoms with Gasteiger partial charge in [-0.15, -0.1) is 11.3 Å². The summed E-state index contributed by atoms with van der Waals surface area (Å²) in [5.41, 5.74) is 2.96. The lowest BCUT2D eigenvalue weighted by Crippen LogP contribution is -2.25.